The number of carbonyl (C=O) groups excluding carboxylic acids is 1. The van der Waals surface area contributed by atoms with E-state index in [0.29, 0.717) is 6.04 Å². The number of amides is 1. The van der Waals surface area contributed by atoms with Gasteiger partial charge in [0.25, 0.3) is 5.91 Å². The molecule has 4 nitrogen and oxygen atoms in total. The van der Waals surface area contributed by atoms with Crippen molar-refractivity contribution < 1.29 is 4.79 Å². The summed E-state index contributed by atoms with van der Waals surface area (Å²) < 4.78 is 0. The monoisotopic (exact) mass is 313 g/mol. The minimum atomic E-state index is 0.245. The van der Waals surface area contributed by atoms with Crippen LogP contribution < -0.4 is 5.32 Å². The summed E-state index contributed by atoms with van der Waals surface area (Å²) in [5, 5.41) is 3.44. The molecule has 1 atom stereocenters. The fourth-order valence-corrected chi connectivity index (χ4v) is 4.42. The van der Waals surface area contributed by atoms with Crippen molar-refractivity contribution in [2.45, 2.75) is 44.6 Å². The number of hydrogen-bond acceptors (Lipinski definition) is 3. The topological polar surface area (TPSA) is 35.6 Å². The molecular weight excluding hydrogens is 286 g/mol. The number of hydrogen-bond donors (Lipinski definition) is 1. The largest absolute Gasteiger partial charge is 0.385 e. The Bertz CT molecular complexity index is 580. The molecule has 2 fully saturated rings. The van der Waals surface area contributed by atoms with E-state index in [1.54, 1.807) is 0 Å². The van der Waals surface area contributed by atoms with Crippen molar-refractivity contribution in [3.8, 4) is 0 Å². The van der Waals surface area contributed by atoms with E-state index in [2.05, 4.69) is 21.2 Å². The number of piperidine rings is 1. The number of nitrogens with one attached hydrogen (secondary N) is 1. The zero-order chi connectivity index (χ0) is 15.6. The maximum atomic E-state index is 13.1. The predicted molar refractivity (Wildman–Crippen MR) is 93.0 cm³/mol. The third kappa shape index (κ3) is 2.97. The maximum Gasteiger partial charge on any atom is 0.254 e. The highest BCUT2D eigenvalue weighted by Gasteiger charge is 2.30. The quantitative estimate of drug-likeness (QED) is 0.912. The van der Waals surface area contributed by atoms with Crippen LogP contribution in [-0.4, -0.2) is 54.5 Å². The lowest BCUT2D eigenvalue weighted by atomic mass is 9.95. The van der Waals surface area contributed by atoms with Crippen LogP contribution in [0.15, 0.2) is 18.2 Å². The summed E-state index contributed by atoms with van der Waals surface area (Å²) in [5.74, 6) is 0.245. The second kappa shape index (κ2) is 6.52. The molecule has 3 aliphatic heterocycles. The first-order valence-electron chi connectivity index (χ1n) is 9.22. The molecule has 0 aromatic heterocycles. The number of fused-ring (bicyclic) bond motifs is 1. The summed E-state index contributed by atoms with van der Waals surface area (Å²) in [7, 11) is 0. The van der Waals surface area contributed by atoms with Gasteiger partial charge in [-0.25, -0.2) is 0 Å². The molecule has 1 amide bonds. The van der Waals surface area contributed by atoms with E-state index in [0.717, 1.165) is 50.1 Å². The number of carbonyl (C=O) groups is 1. The van der Waals surface area contributed by atoms with Crippen LogP contribution in [-0.2, 0) is 6.42 Å². The molecule has 23 heavy (non-hydrogen) atoms. The molecule has 3 aliphatic rings. The van der Waals surface area contributed by atoms with Crippen LogP contribution in [0.25, 0.3) is 0 Å². The van der Waals surface area contributed by atoms with Gasteiger partial charge in [0, 0.05) is 36.9 Å². The Kier molecular flexibility index (Phi) is 4.25. The van der Waals surface area contributed by atoms with E-state index in [1.165, 1.54) is 37.9 Å². The Hall–Kier alpha value is -1.55. The smallest absolute Gasteiger partial charge is 0.254 e. The summed E-state index contributed by atoms with van der Waals surface area (Å²) >= 11 is 0. The van der Waals surface area contributed by atoms with Gasteiger partial charge in [-0.3, -0.25) is 9.69 Å². The van der Waals surface area contributed by atoms with Crippen molar-refractivity contribution in [1.29, 1.82) is 0 Å². The van der Waals surface area contributed by atoms with E-state index < -0.39 is 0 Å². The molecule has 1 N–H and O–H groups in total. The normalized spacial score (nSPS) is 25.0. The molecule has 124 valence electrons. The molecular formula is C19H27N3O. The second-order valence-electron chi connectivity index (χ2n) is 7.15. The minimum absolute atomic E-state index is 0.245. The zero-order valence-electron chi connectivity index (χ0n) is 13.9. The third-order valence-corrected chi connectivity index (χ3v) is 5.67. The highest BCUT2D eigenvalue weighted by atomic mass is 16.2. The summed E-state index contributed by atoms with van der Waals surface area (Å²) in [5.41, 5.74) is 3.32. The molecule has 0 spiro atoms. The molecule has 0 radical (unpaired) electrons. The first kappa shape index (κ1) is 15.0. The van der Waals surface area contributed by atoms with Crippen LogP contribution in [0, 0.1) is 0 Å². The van der Waals surface area contributed by atoms with Crippen LogP contribution >= 0.6 is 0 Å². The van der Waals surface area contributed by atoms with E-state index in [1.807, 2.05) is 12.1 Å². The average molecular weight is 313 g/mol. The standard InChI is InChI=1S/C19H27N3O/c23-19(17-7-3-9-18-16(17)8-4-10-20-18)22-13-5-6-15(14-22)21-11-1-2-12-21/h3,7,9,15,20H,1-2,4-6,8,10-14H2. The Morgan fingerprint density at radius 2 is 1.96 bits per heavy atom. The van der Waals surface area contributed by atoms with Crippen LogP contribution in [0.5, 0.6) is 0 Å². The van der Waals surface area contributed by atoms with E-state index in [-0.39, 0.29) is 5.91 Å². The summed E-state index contributed by atoms with van der Waals surface area (Å²) in [4.78, 5) is 17.8. The first-order chi connectivity index (χ1) is 11.3. The number of nitrogens with zero attached hydrogens (tertiary/aromatic N) is 2. The van der Waals surface area contributed by atoms with Gasteiger partial charge in [-0.2, -0.15) is 0 Å². The van der Waals surface area contributed by atoms with Crippen LogP contribution in [0.1, 0.15) is 48.0 Å². The number of likely N-dealkylation sites (tertiary alicyclic amines) is 2. The maximum absolute atomic E-state index is 13.1. The molecule has 0 bridgehead atoms. The molecule has 4 heteroatoms. The van der Waals surface area contributed by atoms with Crippen molar-refractivity contribution in [3.63, 3.8) is 0 Å². The lowest BCUT2D eigenvalue weighted by Crippen LogP contribution is -2.49. The van der Waals surface area contributed by atoms with Gasteiger partial charge in [0.15, 0.2) is 0 Å². The fraction of sp³-hybridized carbons (Fsp3) is 0.632. The Morgan fingerprint density at radius 1 is 1.09 bits per heavy atom. The van der Waals surface area contributed by atoms with Crippen molar-refractivity contribution in [2.24, 2.45) is 0 Å². The average Bonchev–Trinajstić information content (AvgIpc) is 3.15. The summed E-state index contributed by atoms with van der Waals surface area (Å²) in [6.45, 7) is 5.29. The van der Waals surface area contributed by atoms with E-state index >= 15 is 0 Å². The van der Waals surface area contributed by atoms with Gasteiger partial charge in [-0.1, -0.05) is 6.07 Å². The lowest BCUT2D eigenvalue weighted by Gasteiger charge is -2.38. The fourth-order valence-electron chi connectivity index (χ4n) is 4.42. The first-order valence-corrected chi connectivity index (χ1v) is 9.22. The molecule has 2 saturated heterocycles. The van der Waals surface area contributed by atoms with Gasteiger partial charge in [-0.15, -0.1) is 0 Å². The Morgan fingerprint density at radius 3 is 2.83 bits per heavy atom. The predicted octanol–water partition coefficient (Wildman–Crippen LogP) is 2.75. The van der Waals surface area contributed by atoms with Crippen LogP contribution in [0.3, 0.4) is 0 Å². The van der Waals surface area contributed by atoms with E-state index in [4.69, 9.17) is 0 Å². The van der Waals surface area contributed by atoms with E-state index in [9.17, 15) is 4.79 Å². The number of benzene rings is 1. The Labute approximate surface area is 138 Å². The summed E-state index contributed by atoms with van der Waals surface area (Å²) in [6, 6.07) is 6.72. The van der Waals surface area contributed by atoms with Crippen molar-refractivity contribution in [1.82, 2.24) is 9.80 Å². The molecule has 1 aromatic rings. The zero-order valence-corrected chi connectivity index (χ0v) is 13.9. The number of rotatable bonds is 2. The minimum Gasteiger partial charge on any atom is -0.385 e. The van der Waals surface area contributed by atoms with Gasteiger partial charge in [0.05, 0.1) is 0 Å². The number of anilines is 1. The highest BCUT2D eigenvalue weighted by Crippen LogP contribution is 2.28. The van der Waals surface area contributed by atoms with Crippen LogP contribution in [0.2, 0.25) is 0 Å². The molecule has 1 unspecified atom stereocenters. The third-order valence-electron chi connectivity index (χ3n) is 5.67. The molecule has 4 rings (SSSR count). The SMILES string of the molecule is O=C(c1cccc2c1CCCN2)N1CCCC(N2CCCC2)C1. The molecule has 3 heterocycles. The van der Waals surface area contributed by atoms with Gasteiger partial charge >= 0.3 is 0 Å². The highest BCUT2D eigenvalue weighted by molar-refractivity contribution is 5.97. The van der Waals surface area contributed by atoms with Crippen LogP contribution in [0.4, 0.5) is 5.69 Å². The summed E-state index contributed by atoms with van der Waals surface area (Å²) in [6.07, 6.45) is 7.17. The van der Waals surface area contributed by atoms with Crippen molar-refractivity contribution in [2.75, 3.05) is 38.0 Å². The Balaban J connectivity index is 1.52. The van der Waals surface area contributed by atoms with Gasteiger partial charge in [0.1, 0.15) is 0 Å². The van der Waals surface area contributed by atoms with Crippen molar-refractivity contribution in [3.05, 3.63) is 29.3 Å². The lowest BCUT2D eigenvalue weighted by molar-refractivity contribution is 0.0607. The molecule has 1 aromatic carbocycles. The molecule has 0 saturated carbocycles. The second-order valence-corrected chi connectivity index (χ2v) is 7.15. The van der Waals surface area contributed by atoms with Gasteiger partial charge in [0.2, 0.25) is 0 Å². The van der Waals surface area contributed by atoms with Gasteiger partial charge < -0.3 is 10.2 Å². The van der Waals surface area contributed by atoms with Crippen molar-refractivity contribution >= 4 is 11.6 Å². The van der Waals surface area contributed by atoms with Gasteiger partial charge in [-0.05, 0) is 69.3 Å². The molecule has 0 aliphatic carbocycles.